The predicted molar refractivity (Wildman–Crippen MR) is 313 cm³/mol. The number of piperidine rings is 2. The first-order valence-corrected chi connectivity index (χ1v) is 30.5. The fraction of sp³-hybridized carbons (Fsp3) is 0.650. The minimum absolute atomic E-state index is 0.0141. The van der Waals surface area contributed by atoms with Gasteiger partial charge in [-0.15, -0.1) is 11.3 Å². The van der Waals surface area contributed by atoms with Crippen molar-refractivity contribution in [2.75, 3.05) is 89.4 Å². The van der Waals surface area contributed by atoms with Crippen molar-refractivity contribution in [3.05, 3.63) is 53.2 Å². The summed E-state index contributed by atoms with van der Waals surface area (Å²) in [6.07, 6.45) is 9.55. The third kappa shape index (κ3) is 17.6. The molecule has 18 nitrogen and oxygen atoms in total. The van der Waals surface area contributed by atoms with Gasteiger partial charge < -0.3 is 55.4 Å². The number of hydrogen-bond acceptors (Lipinski definition) is 15. The number of benzene rings is 2. The van der Waals surface area contributed by atoms with Crippen molar-refractivity contribution in [2.24, 2.45) is 5.41 Å². The van der Waals surface area contributed by atoms with Crippen molar-refractivity contribution < 1.29 is 42.5 Å². The number of nitrogens with one attached hydrogen (secondary N) is 4. The third-order valence-electron chi connectivity index (χ3n) is 16.2. The number of methoxy groups -OCH3 is 1. The van der Waals surface area contributed by atoms with E-state index < -0.39 is 29.5 Å². The van der Waals surface area contributed by atoms with E-state index >= 15 is 0 Å². The molecule has 2 aromatic heterocycles. The van der Waals surface area contributed by atoms with Crippen LogP contribution in [0.1, 0.15) is 135 Å². The number of aliphatic hydroxyl groups excluding tert-OH is 1. The number of amides is 4. The van der Waals surface area contributed by atoms with Gasteiger partial charge in [0, 0.05) is 102 Å². The smallest absolute Gasteiger partial charge is 0.251 e. The van der Waals surface area contributed by atoms with Crippen molar-refractivity contribution in [1.82, 2.24) is 45.6 Å². The maximum Gasteiger partial charge on any atom is 0.251 e. The number of aromatic nitrogens is 3. The number of carbonyl (C=O) groups is 4. The van der Waals surface area contributed by atoms with Crippen LogP contribution in [0.3, 0.4) is 0 Å². The quantitative estimate of drug-likeness (QED) is 0.0358. The molecule has 21 heteroatoms. The normalized spacial score (nSPS) is 19.4. The standard InChI is InChI=1S/C60H87F2N11O7S/c1-41-53(81-40-65-41)43-19-17-42(18-20-43)38-64-56(77)48-35-45(74)39-73(48)57(78)54(59(2,3)4)68-52(76)15-9-7-6-8-10-25-63-51(75)16-13-28-71-30-21-44(22-31-71)66-55-46-36-49(79-5)50(80-34-14-29-70-26-11-12-27-70)37-47(46)67-58(69-55)72-32-23-60(61,62)24-33-72/h17-20,36-37,40,44-45,48,54,74H,6-16,21-35,38-39H2,1-5H3,(H,63,75)(H,64,77)(H,68,76)(H,66,67,69)/t45-,48+,54-/m1/s1. The number of carbonyl (C=O) groups excluding carboxylic acids is 4. The molecule has 8 rings (SSSR count). The van der Waals surface area contributed by atoms with Crippen LogP contribution in [-0.2, 0) is 25.7 Å². The largest absolute Gasteiger partial charge is 0.493 e. The molecule has 0 aliphatic carbocycles. The molecular formula is C60H87F2N11O7S. The molecule has 4 saturated heterocycles. The molecule has 0 saturated carbocycles. The number of thiazole rings is 1. The fourth-order valence-corrected chi connectivity index (χ4v) is 12.2. The van der Waals surface area contributed by atoms with Crippen molar-refractivity contribution in [2.45, 2.75) is 167 Å². The lowest BCUT2D eigenvalue weighted by Crippen LogP contribution is -2.57. The Kier molecular flexibility index (Phi) is 21.9. The Morgan fingerprint density at radius 1 is 0.840 bits per heavy atom. The Balaban J connectivity index is 0.702. The molecule has 0 radical (unpaired) electrons. The first-order chi connectivity index (χ1) is 38.9. The average Bonchev–Trinajstić information content (AvgIpc) is 4.34. The van der Waals surface area contributed by atoms with Crippen LogP contribution in [0.5, 0.6) is 11.5 Å². The van der Waals surface area contributed by atoms with Gasteiger partial charge in [-0.2, -0.15) is 4.98 Å². The molecule has 0 spiro atoms. The highest BCUT2D eigenvalue weighted by Crippen LogP contribution is 2.38. The number of aliphatic hydroxyl groups is 1. The number of unbranched alkanes of at least 4 members (excludes halogenated alkanes) is 4. The lowest BCUT2D eigenvalue weighted by molar-refractivity contribution is -0.144. The zero-order chi connectivity index (χ0) is 57.5. The topological polar surface area (TPSA) is 207 Å². The summed E-state index contributed by atoms with van der Waals surface area (Å²) in [6, 6.07) is 10.1. The molecule has 4 aromatic rings. The Morgan fingerprint density at radius 2 is 1.53 bits per heavy atom. The number of alkyl halides is 2. The molecule has 4 aliphatic rings. The first kappa shape index (κ1) is 61.3. The van der Waals surface area contributed by atoms with E-state index in [9.17, 15) is 33.1 Å². The van der Waals surface area contributed by atoms with Crippen molar-refractivity contribution in [3.63, 3.8) is 0 Å². The Hall–Kier alpha value is -5.77. The number of β-amino-alcohol motifs (C(OH)–C–C–N with tert-alkyl or cyclic N) is 1. The number of nitrogens with zero attached hydrogens (tertiary/aromatic N) is 7. The van der Waals surface area contributed by atoms with Gasteiger partial charge in [0.15, 0.2) is 11.5 Å². The van der Waals surface area contributed by atoms with Crippen molar-refractivity contribution >= 4 is 57.6 Å². The number of ether oxygens (including phenoxy) is 2. The second-order valence-corrected chi connectivity index (χ2v) is 24.5. The highest BCUT2D eigenvalue weighted by atomic mass is 32.1. The van der Waals surface area contributed by atoms with Gasteiger partial charge in [0.2, 0.25) is 29.6 Å². The zero-order valence-corrected chi connectivity index (χ0v) is 49.2. The summed E-state index contributed by atoms with van der Waals surface area (Å²) in [4.78, 5) is 77.0. The van der Waals surface area contributed by atoms with Crippen LogP contribution in [0.25, 0.3) is 21.3 Å². The molecule has 444 valence electrons. The summed E-state index contributed by atoms with van der Waals surface area (Å²) in [5.74, 6) is -1.33. The van der Waals surface area contributed by atoms with E-state index in [2.05, 4.69) is 36.1 Å². The van der Waals surface area contributed by atoms with Crippen molar-refractivity contribution in [3.8, 4) is 21.9 Å². The zero-order valence-electron chi connectivity index (χ0n) is 48.3. The molecule has 2 aromatic carbocycles. The molecule has 4 amide bonds. The number of likely N-dealkylation sites (tertiary alicyclic amines) is 3. The van der Waals surface area contributed by atoms with Crippen LogP contribution in [0, 0.1) is 12.3 Å². The van der Waals surface area contributed by atoms with E-state index in [0.29, 0.717) is 54.8 Å². The van der Waals surface area contributed by atoms with Crippen LogP contribution in [0.15, 0.2) is 41.9 Å². The van der Waals surface area contributed by atoms with Gasteiger partial charge in [0.1, 0.15) is 17.9 Å². The number of anilines is 2. The van der Waals surface area contributed by atoms with Gasteiger partial charge >= 0.3 is 0 Å². The average molecular weight is 1140 g/mol. The van der Waals surface area contributed by atoms with Gasteiger partial charge in [-0.05, 0) is 101 Å². The fourth-order valence-electron chi connectivity index (χ4n) is 11.4. The SMILES string of the molecule is COc1cc2c(NC3CCN(CCCC(=O)NCCCCCCCC(=O)N[C@H](C(=O)N4C[C@H](O)C[C@H]4C(=O)NCc4ccc(-c5scnc5C)cc4)C(C)(C)C)CC3)nc(N3CCC(F)(F)CC3)nc2cc1OCCCN1CCCC1. The highest BCUT2D eigenvalue weighted by molar-refractivity contribution is 7.13. The van der Waals surface area contributed by atoms with E-state index in [1.54, 1.807) is 18.4 Å². The van der Waals surface area contributed by atoms with Crippen LogP contribution in [0.2, 0.25) is 0 Å². The molecule has 4 fully saturated rings. The minimum Gasteiger partial charge on any atom is -0.493 e. The lowest BCUT2D eigenvalue weighted by Gasteiger charge is -2.35. The lowest BCUT2D eigenvalue weighted by atomic mass is 9.85. The molecule has 6 heterocycles. The molecular weight excluding hydrogens is 1060 g/mol. The van der Waals surface area contributed by atoms with Crippen LogP contribution in [-0.4, -0.2) is 168 Å². The van der Waals surface area contributed by atoms with E-state index in [-0.39, 0.29) is 81.5 Å². The second-order valence-electron chi connectivity index (χ2n) is 23.7. The summed E-state index contributed by atoms with van der Waals surface area (Å²) >= 11 is 1.58. The van der Waals surface area contributed by atoms with Crippen LogP contribution < -0.4 is 35.6 Å². The minimum atomic E-state index is -2.69. The van der Waals surface area contributed by atoms with Gasteiger partial charge in [0.25, 0.3) is 5.92 Å². The van der Waals surface area contributed by atoms with Gasteiger partial charge in [-0.3, -0.25) is 19.2 Å². The van der Waals surface area contributed by atoms with E-state index in [4.69, 9.17) is 19.4 Å². The predicted octanol–water partition coefficient (Wildman–Crippen LogP) is 8.09. The number of halogens is 2. The van der Waals surface area contributed by atoms with Gasteiger partial charge in [-0.25, -0.2) is 18.7 Å². The third-order valence-corrected chi connectivity index (χ3v) is 17.2. The second kappa shape index (κ2) is 29.0. The maximum atomic E-state index is 14.2. The first-order valence-electron chi connectivity index (χ1n) is 29.6. The van der Waals surface area contributed by atoms with Crippen molar-refractivity contribution in [1.29, 1.82) is 0 Å². The van der Waals surface area contributed by atoms with Gasteiger partial charge in [-0.1, -0.05) is 64.3 Å². The van der Waals surface area contributed by atoms with E-state index in [1.165, 1.54) is 17.7 Å². The van der Waals surface area contributed by atoms with E-state index in [0.717, 1.165) is 118 Å². The summed E-state index contributed by atoms with van der Waals surface area (Å²) in [6.45, 7) is 15.2. The molecule has 0 unspecified atom stereocenters. The molecule has 4 aliphatic heterocycles. The summed E-state index contributed by atoms with van der Waals surface area (Å²) < 4.78 is 40.4. The Bertz CT molecular complexity index is 2700. The Morgan fingerprint density at radius 3 is 2.23 bits per heavy atom. The molecule has 0 bridgehead atoms. The number of rotatable bonds is 27. The number of fused-ring (bicyclic) bond motifs is 1. The highest BCUT2D eigenvalue weighted by Gasteiger charge is 2.44. The molecule has 5 N–H and O–H groups in total. The van der Waals surface area contributed by atoms with Gasteiger partial charge in [0.05, 0.1) is 41.4 Å². The molecule has 81 heavy (non-hydrogen) atoms. The Labute approximate surface area is 480 Å². The summed E-state index contributed by atoms with van der Waals surface area (Å²) in [5, 5.41) is 24.1. The van der Waals surface area contributed by atoms with Crippen LogP contribution >= 0.6 is 11.3 Å². The monoisotopic (exact) mass is 1140 g/mol. The number of aryl methyl sites for hydroxylation is 1. The van der Waals surface area contributed by atoms with Crippen LogP contribution in [0.4, 0.5) is 20.5 Å². The van der Waals surface area contributed by atoms with E-state index in [1.807, 2.05) is 74.5 Å². The number of hydrogen-bond donors (Lipinski definition) is 5. The molecule has 3 atom stereocenters. The summed E-state index contributed by atoms with van der Waals surface area (Å²) in [7, 11) is 1.62. The maximum absolute atomic E-state index is 14.2. The summed E-state index contributed by atoms with van der Waals surface area (Å²) in [5.41, 5.74) is 4.77.